The molecule has 0 fully saturated rings. The molecule has 0 aliphatic heterocycles. The van der Waals surface area contributed by atoms with Crippen LogP contribution in [-0.4, -0.2) is 9.97 Å². The number of hydrogen-bond acceptors (Lipinski definition) is 2. The summed E-state index contributed by atoms with van der Waals surface area (Å²) in [6, 6.07) is 12.1. The largest absolute Gasteiger partial charge is 2.00 e. The van der Waals surface area contributed by atoms with Crippen LogP contribution in [0.15, 0.2) is 48.8 Å². The zero-order chi connectivity index (χ0) is 9.38. The summed E-state index contributed by atoms with van der Waals surface area (Å²) >= 11 is 0. The number of fused-ring (bicyclic) bond motifs is 3. The summed E-state index contributed by atoms with van der Waals surface area (Å²) in [5, 5.41) is 2.28. The Morgan fingerprint density at radius 3 is 1.47 bits per heavy atom. The van der Waals surface area contributed by atoms with Crippen LogP contribution >= 0.6 is 0 Å². The predicted octanol–water partition coefficient (Wildman–Crippen LogP) is -3.21. The Morgan fingerprint density at radius 2 is 1.06 bits per heavy atom. The maximum absolute atomic E-state index is 4.35. The van der Waals surface area contributed by atoms with Crippen LogP contribution in [0.4, 0.5) is 0 Å². The zero-order valence-corrected chi connectivity index (χ0v) is 11.7. The third kappa shape index (κ3) is 2.94. The van der Waals surface area contributed by atoms with Gasteiger partial charge in [0.1, 0.15) is 0 Å². The quantitative estimate of drug-likeness (QED) is 0.313. The molecule has 90 valence electrons. The minimum Gasteiger partial charge on any atom is -1.00 e. The first-order valence-electron chi connectivity index (χ1n) is 4.53. The second kappa shape index (κ2) is 6.88. The van der Waals surface area contributed by atoms with Gasteiger partial charge in [-0.25, -0.2) is 0 Å². The molecular weight excluding hydrogens is 349 g/mol. The number of aromatic nitrogens is 2. The maximum Gasteiger partial charge on any atom is 2.00 e. The summed E-state index contributed by atoms with van der Waals surface area (Å²) in [6.07, 6.45) is 3.60. The standard InChI is InChI=1S/C12H8N2.2ClH.Pd/c1-3-9-5-6-10-4-2-8-14-12(10)11(9)13-7-1;;;/h1-8H;2*1H;/q;;;+2/p-2. The van der Waals surface area contributed by atoms with E-state index in [1.165, 1.54) is 0 Å². The van der Waals surface area contributed by atoms with Crippen molar-refractivity contribution in [1.82, 2.24) is 9.97 Å². The zero-order valence-electron chi connectivity index (χ0n) is 8.59. The Labute approximate surface area is 125 Å². The van der Waals surface area contributed by atoms with Gasteiger partial charge in [-0.1, -0.05) is 24.3 Å². The van der Waals surface area contributed by atoms with Crippen molar-refractivity contribution in [1.29, 1.82) is 0 Å². The van der Waals surface area contributed by atoms with Crippen molar-refractivity contribution in [2.45, 2.75) is 0 Å². The first-order valence-corrected chi connectivity index (χ1v) is 4.53. The molecule has 0 saturated heterocycles. The van der Waals surface area contributed by atoms with Crippen molar-refractivity contribution in [2.75, 3.05) is 0 Å². The van der Waals surface area contributed by atoms with E-state index < -0.39 is 0 Å². The van der Waals surface area contributed by atoms with Gasteiger partial charge in [-0.15, -0.1) is 0 Å². The molecule has 0 saturated carbocycles. The predicted molar refractivity (Wildman–Crippen MR) is 57.0 cm³/mol. The van der Waals surface area contributed by atoms with Crippen LogP contribution in [0, 0.1) is 0 Å². The van der Waals surface area contributed by atoms with Gasteiger partial charge >= 0.3 is 20.4 Å². The first kappa shape index (κ1) is 16.3. The van der Waals surface area contributed by atoms with E-state index in [0.29, 0.717) is 0 Å². The molecule has 3 rings (SSSR count). The Balaban J connectivity index is 0.000000853. The topological polar surface area (TPSA) is 25.8 Å². The van der Waals surface area contributed by atoms with Gasteiger partial charge in [0.05, 0.1) is 11.0 Å². The van der Waals surface area contributed by atoms with E-state index in [1.54, 1.807) is 12.4 Å². The average Bonchev–Trinajstić information content (AvgIpc) is 2.29. The molecule has 0 spiro atoms. The van der Waals surface area contributed by atoms with E-state index in [4.69, 9.17) is 0 Å². The summed E-state index contributed by atoms with van der Waals surface area (Å²) in [7, 11) is 0. The second-order valence-corrected chi connectivity index (χ2v) is 3.22. The van der Waals surface area contributed by atoms with Crippen molar-refractivity contribution in [3.05, 3.63) is 48.8 Å². The molecule has 0 N–H and O–H groups in total. The molecule has 2 aromatic heterocycles. The minimum atomic E-state index is 0. The van der Waals surface area contributed by atoms with Crippen LogP contribution in [0.1, 0.15) is 0 Å². The van der Waals surface area contributed by atoms with Crippen molar-refractivity contribution < 1.29 is 45.2 Å². The molecule has 0 unspecified atom stereocenters. The van der Waals surface area contributed by atoms with Crippen LogP contribution in [-0.2, 0) is 20.4 Å². The summed E-state index contributed by atoms with van der Waals surface area (Å²) in [6.45, 7) is 0. The fourth-order valence-corrected chi connectivity index (χ4v) is 1.68. The van der Waals surface area contributed by atoms with Gasteiger partial charge in [0, 0.05) is 23.2 Å². The Hall–Kier alpha value is -0.718. The number of pyridine rings is 2. The normalized spacial score (nSPS) is 8.94. The molecule has 2 nitrogen and oxygen atoms in total. The molecule has 3 aromatic rings. The molecule has 0 amide bonds. The van der Waals surface area contributed by atoms with Gasteiger partial charge in [-0.05, 0) is 12.1 Å². The third-order valence-corrected chi connectivity index (χ3v) is 2.34. The maximum atomic E-state index is 4.35. The van der Waals surface area contributed by atoms with Crippen LogP contribution in [0.3, 0.4) is 0 Å². The van der Waals surface area contributed by atoms with Crippen molar-refractivity contribution in [3.63, 3.8) is 0 Å². The summed E-state index contributed by atoms with van der Waals surface area (Å²) < 4.78 is 0. The third-order valence-electron chi connectivity index (χ3n) is 2.34. The van der Waals surface area contributed by atoms with E-state index >= 15 is 0 Å². The molecule has 17 heavy (non-hydrogen) atoms. The van der Waals surface area contributed by atoms with Crippen LogP contribution < -0.4 is 24.8 Å². The number of nitrogens with zero attached hydrogens (tertiary/aromatic N) is 2. The first-order chi connectivity index (χ1) is 6.95. The second-order valence-electron chi connectivity index (χ2n) is 3.22. The van der Waals surface area contributed by atoms with E-state index in [9.17, 15) is 0 Å². The Kier molecular flexibility index (Phi) is 6.59. The van der Waals surface area contributed by atoms with E-state index in [2.05, 4.69) is 34.2 Å². The van der Waals surface area contributed by atoms with Crippen molar-refractivity contribution in [2.24, 2.45) is 0 Å². The molecule has 5 heteroatoms. The van der Waals surface area contributed by atoms with E-state index in [0.717, 1.165) is 21.8 Å². The van der Waals surface area contributed by atoms with Gasteiger partial charge in [0.15, 0.2) is 0 Å². The number of halogens is 2. The Bertz CT molecular complexity index is 561. The molecule has 0 atom stereocenters. The van der Waals surface area contributed by atoms with Crippen molar-refractivity contribution in [3.8, 4) is 0 Å². The van der Waals surface area contributed by atoms with Crippen molar-refractivity contribution >= 4 is 21.8 Å². The molecule has 0 aliphatic carbocycles. The summed E-state index contributed by atoms with van der Waals surface area (Å²) in [4.78, 5) is 8.69. The fraction of sp³-hybridized carbons (Fsp3) is 0. The molecule has 1 aromatic carbocycles. The smallest absolute Gasteiger partial charge is 1.00 e. The summed E-state index contributed by atoms with van der Waals surface area (Å²) in [5.74, 6) is 0. The van der Waals surface area contributed by atoms with Gasteiger partial charge in [-0.2, -0.15) is 0 Å². The minimum absolute atomic E-state index is 0. The molecule has 2 heterocycles. The molecule has 0 radical (unpaired) electrons. The van der Waals surface area contributed by atoms with E-state index in [1.807, 2.05) is 12.1 Å². The van der Waals surface area contributed by atoms with Gasteiger partial charge in [-0.3, -0.25) is 9.97 Å². The average molecular weight is 358 g/mol. The fourth-order valence-electron chi connectivity index (χ4n) is 1.68. The van der Waals surface area contributed by atoms with Crippen LogP contribution in [0.2, 0.25) is 0 Å². The van der Waals surface area contributed by atoms with Crippen LogP contribution in [0.25, 0.3) is 21.8 Å². The number of rotatable bonds is 0. The van der Waals surface area contributed by atoms with Gasteiger partial charge in [0.2, 0.25) is 0 Å². The molecule has 0 aliphatic rings. The Morgan fingerprint density at radius 1 is 0.647 bits per heavy atom. The monoisotopic (exact) mass is 356 g/mol. The SMILES string of the molecule is [Cl-].[Cl-].[Pd+2].c1cnc2c(c1)ccc1cccnc12. The molecule has 0 bridgehead atoms. The molecular formula is C12H8Cl2N2Pd. The number of benzene rings is 1. The van der Waals surface area contributed by atoms with E-state index in [-0.39, 0.29) is 45.2 Å². The van der Waals surface area contributed by atoms with Gasteiger partial charge < -0.3 is 24.8 Å². The van der Waals surface area contributed by atoms with Crippen LogP contribution in [0.5, 0.6) is 0 Å². The van der Waals surface area contributed by atoms with Gasteiger partial charge in [0.25, 0.3) is 0 Å². The summed E-state index contributed by atoms with van der Waals surface area (Å²) in [5.41, 5.74) is 1.95. The number of hydrogen-bond donors (Lipinski definition) is 0.